The smallest absolute Gasteiger partial charge is 0.268 e. The van der Waals surface area contributed by atoms with Crippen molar-refractivity contribution in [1.82, 2.24) is 9.38 Å². The van der Waals surface area contributed by atoms with Crippen molar-refractivity contribution >= 4 is 21.6 Å². The summed E-state index contributed by atoms with van der Waals surface area (Å²) >= 11 is 3.34. The van der Waals surface area contributed by atoms with E-state index >= 15 is 0 Å². The zero-order valence-corrected chi connectivity index (χ0v) is 11.0. The molecule has 3 rings (SSSR count). The van der Waals surface area contributed by atoms with Crippen molar-refractivity contribution in [3.8, 4) is 11.3 Å². The molecule has 0 saturated heterocycles. The number of aromatic nitrogens is 2. The van der Waals surface area contributed by atoms with Crippen molar-refractivity contribution in [3.63, 3.8) is 0 Å². The van der Waals surface area contributed by atoms with E-state index in [4.69, 9.17) is 0 Å². The van der Waals surface area contributed by atoms with Crippen molar-refractivity contribution in [3.05, 3.63) is 69.6 Å². The standard InChI is InChI=1S/C14H9BrN2O/c15-12-13(10-6-2-1-3-7-10)16-11-8-4-5-9-17(11)14(12)18/h1-9H. The van der Waals surface area contributed by atoms with E-state index in [1.807, 2.05) is 48.5 Å². The highest BCUT2D eigenvalue weighted by molar-refractivity contribution is 9.10. The van der Waals surface area contributed by atoms with E-state index in [0.717, 1.165) is 5.56 Å². The summed E-state index contributed by atoms with van der Waals surface area (Å²) in [6.07, 6.45) is 1.71. The van der Waals surface area contributed by atoms with Gasteiger partial charge < -0.3 is 0 Å². The maximum Gasteiger partial charge on any atom is 0.272 e. The highest BCUT2D eigenvalue weighted by Gasteiger charge is 2.11. The van der Waals surface area contributed by atoms with Crippen LogP contribution in [0.2, 0.25) is 0 Å². The first-order valence-corrected chi connectivity index (χ1v) is 6.29. The van der Waals surface area contributed by atoms with E-state index < -0.39 is 0 Å². The summed E-state index contributed by atoms with van der Waals surface area (Å²) in [6, 6.07) is 15.2. The van der Waals surface area contributed by atoms with Crippen molar-refractivity contribution < 1.29 is 0 Å². The second kappa shape index (κ2) is 4.38. The van der Waals surface area contributed by atoms with Gasteiger partial charge in [-0.05, 0) is 28.1 Å². The molecule has 1 aromatic carbocycles. The zero-order chi connectivity index (χ0) is 12.5. The topological polar surface area (TPSA) is 34.4 Å². The number of nitrogens with zero attached hydrogens (tertiary/aromatic N) is 2. The van der Waals surface area contributed by atoms with E-state index in [1.165, 1.54) is 4.40 Å². The van der Waals surface area contributed by atoms with Crippen molar-refractivity contribution in [1.29, 1.82) is 0 Å². The Morgan fingerprint density at radius 1 is 1.00 bits per heavy atom. The Bertz CT molecular complexity index is 766. The minimum Gasteiger partial charge on any atom is -0.268 e. The molecule has 0 amide bonds. The summed E-state index contributed by atoms with van der Waals surface area (Å²) in [5.74, 6) is 0. The first-order chi connectivity index (χ1) is 8.77. The first kappa shape index (κ1) is 11.2. The molecule has 88 valence electrons. The number of fused-ring (bicyclic) bond motifs is 1. The molecule has 0 unspecified atom stereocenters. The second-order valence-corrected chi connectivity index (χ2v) is 4.67. The van der Waals surface area contributed by atoms with Gasteiger partial charge >= 0.3 is 0 Å². The van der Waals surface area contributed by atoms with Gasteiger partial charge in [-0.25, -0.2) is 4.98 Å². The lowest BCUT2D eigenvalue weighted by atomic mass is 10.1. The maximum atomic E-state index is 12.2. The second-order valence-electron chi connectivity index (χ2n) is 3.87. The van der Waals surface area contributed by atoms with Crippen LogP contribution in [0.3, 0.4) is 0 Å². The Hall–Kier alpha value is -1.94. The SMILES string of the molecule is O=c1c(Br)c(-c2ccccc2)nc2ccccn12. The fourth-order valence-corrected chi connectivity index (χ4v) is 2.36. The number of benzene rings is 1. The van der Waals surface area contributed by atoms with Crippen LogP contribution in [0.4, 0.5) is 0 Å². The highest BCUT2D eigenvalue weighted by Crippen LogP contribution is 2.23. The van der Waals surface area contributed by atoms with Crippen LogP contribution in [0.15, 0.2) is 64.0 Å². The molecule has 0 fully saturated rings. The Kier molecular flexibility index (Phi) is 2.72. The fourth-order valence-electron chi connectivity index (χ4n) is 1.85. The molecule has 2 aromatic heterocycles. The molecule has 0 aliphatic heterocycles. The minimum atomic E-state index is -0.0977. The van der Waals surface area contributed by atoms with Gasteiger partial charge in [-0.2, -0.15) is 0 Å². The van der Waals surface area contributed by atoms with Crippen LogP contribution in [0.5, 0.6) is 0 Å². The lowest BCUT2D eigenvalue weighted by molar-refractivity contribution is 1.03. The lowest BCUT2D eigenvalue weighted by Gasteiger charge is -2.06. The Morgan fingerprint density at radius 3 is 2.50 bits per heavy atom. The molecule has 0 saturated carbocycles. The molecule has 0 aliphatic carbocycles. The third kappa shape index (κ3) is 1.75. The molecule has 4 heteroatoms. The fraction of sp³-hybridized carbons (Fsp3) is 0. The number of rotatable bonds is 1. The van der Waals surface area contributed by atoms with Crippen molar-refractivity contribution in [2.75, 3.05) is 0 Å². The lowest BCUT2D eigenvalue weighted by Crippen LogP contribution is -2.16. The molecule has 0 radical (unpaired) electrons. The van der Waals surface area contributed by atoms with Crippen LogP contribution in [0.1, 0.15) is 0 Å². The normalized spacial score (nSPS) is 10.7. The van der Waals surface area contributed by atoms with E-state index in [0.29, 0.717) is 15.8 Å². The molecule has 0 aliphatic rings. The Morgan fingerprint density at radius 2 is 1.72 bits per heavy atom. The van der Waals surface area contributed by atoms with Crippen molar-refractivity contribution in [2.24, 2.45) is 0 Å². The summed E-state index contributed by atoms with van der Waals surface area (Å²) in [7, 11) is 0. The average molecular weight is 301 g/mol. The summed E-state index contributed by atoms with van der Waals surface area (Å²) in [6.45, 7) is 0. The van der Waals surface area contributed by atoms with Crippen LogP contribution >= 0.6 is 15.9 Å². The number of pyridine rings is 1. The minimum absolute atomic E-state index is 0.0977. The quantitative estimate of drug-likeness (QED) is 0.692. The molecule has 0 atom stereocenters. The van der Waals surface area contributed by atoms with Gasteiger partial charge in [0.1, 0.15) is 10.1 Å². The van der Waals surface area contributed by atoms with Gasteiger partial charge in [-0.15, -0.1) is 0 Å². The largest absolute Gasteiger partial charge is 0.272 e. The summed E-state index contributed by atoms with van der Waals surface area (Å²) in [5, 5.41) is 0. The maximum absolute atomic E-state index is 12.2. The predicted octanol–water partition coefficient (Wildman–Crippen LogP) is 3.12. The summed E-state index contributed by atoms with van der Waals surface area (Å²) in [5.41, 5.74) is 2.14. The summed E-state index contributed by atoms with van der Waals surface area (Å²) in [4.78, 5) is 16.7. The van der Waals surface area contributed by atoms with Gasteiger partial charge in [-0.3, -0.25) is 9.20 Å². The van der Waals surface area contributed by atoms with Gasteiger partial charge in [-0.1, -0.05) is 36.4 Å². The van der Waals surface area contributed by atoms with Gasteiger partial charge in [0.25, 0.3) is 5.56 Å². The molecule has 0 bridgehead atoms. The molecule has 3 aromatic rings. The highest BCUT2D eigenvalue weighted by atomic mass is 79.9. The van der Waals surface area contributed by atoms with Crippen LogP contribution in [0, 0.1) is 0 Å². The molecule has 0 spiro atoms. The van der Waals surface area contributed by atoms with Gasteiger partial charge in [0.15, 0.2) is 0 Å². The van der Waals surface area contributed by atoms with Gasteiger partial charge in [0, 0.05) is 11.8 Å². The van der Waals surface area contributed by atoms with Crippen LogP contribution in [0.25, 0.3) is 16.9 Å². The number of halogens is 1. The number of hydrogen-bond donors (Lipinski definition) is 0. The molecule has 3 nitrogen and oxygen atoms in total. The zero-order valence-electron chi connectivity index (χ0n) is 9.38. The molecular formula is C14H9BrN2O. The predicted molar refractivity (Wildman–Crippen MR) is 74.6 cm³/mol. The van der Waals surface area contributed by atoms with Crippen molar-refractivity contribution in [2.45, 2.75) is 0 Å². The van der Waals surface area contributed by atoms with E-state index in [2.05, 4.69) is 20.9 Å². The van der Waals surface area contributed by atoms with Gasteiger partial charge in [0.2, 0.25) is 0 Å². The van der Waals surface area contributed by atoms with E-state index in [9.17, 15) is 4.79 Å². The third-order valence-corrected chi connectivity index (χ3v) is 3.44. The van der Waals surface area contributed by atoms with Gasteiger partial charge in [0.05, 0.1) is 5.69 Å². The molecular weight excluding hydrogens is 292 g/mol. The molecule has 18 heavy (non-hydrogen) atoms. The Labute approximate surface area is 112 Å². The monoisotopic (exact) mass is 300 g/mol. The summed E-state index contributed by atoms with van der Waals surface area (Å²) < 4.78 is 2.01. The van der Waals surface area contributed by atoms with Crippen LogP contribution in [-0.4, -0.2) is 9.38 Å². The Balaban J connectivity index is 2.38. The molecule has 0 N–H and O–H groups in total. The van der Waals surface area contributed by atoms with E-state index in [1.54, 1.807) is 6.20 Å². The number of hydrogen-bond acceptors (Lipinski definition) is 2. The third-order valence-electron chi connectivity index (χ3n) is 2.73. The van der Waals surface area contributed by atoms with Crippen LogP contribution in [-0.2, 0) is 0 Å². The van der Waals surface area contributed by atoms with E-state index in [-0.39, 0.29) is 5.56 Å². The van der Waals surface area contributed by atoms with Crippen LogP contribution < -0.4 is 5.56 Å². The first-order valence-electron chi connectivity index (χ1n) is 5.50. The molecule has 2 heterocycles. The average Bonchev–Trinajstić information content (AvgIpc) is 2.44.